The second kappa shape index (κ2) is 6.29. The average Bonchev–Trinajstić information content (AvgIpc) is 2.48. The van der Waals surface area contributed by atoms with Crippen molar-refractivity contribution >= 4 is 15.9 Å². The van der Waals surface area contributed by atoms with Gasteiger partial charge in [0, 0.05) is 19.2 Å². The summed E-state index contributed by atoms with van der Waals surface area (Å²) in [6, 6.07) is 4.90. The molecule has 0 aliphatic carbocycles. The van der Waals surface area contributed by atoms with Gasteiger partial charge in [0.2, 0.25) is 0 Å². The highest BCUT2D eigenvalue weighted by molar-refractivity contribution is 7.90. The van der Waals surface area contributed by atoms with Crippen molar-refractivity contribution in [3.8, 4) is 11.5 Å². The van der Waals surface area contributed by atoms with Gasteiger partial charge in [0.15, 0.2) is 0 Å². The molecule has 0 radical (unpaired) electrons. The molecular formula is C12H18N2O5S. The maximum Gasteiger partial charge on any atom is 0.301 e. The first-order chi connectivity index (χ1) is 9.56. The van der Waals surface area contributed by atoms with E-state index in [9.17, 15) is 8.42 Å². The number of rotatable bonds is 5. The van der Waals surface area contributed by atoms with Gasteiger partial charge in [-0.05, 0) is 12.1 Å². The Morgan fingerprint density at radius 1 is 1.20 bits per heavy atom. The molecule has 7 nitrogen and oxygen atoms in total. The summed E-state index contributed by atoms with van der Waals surface area (Å²) in [7, 11) is -0.598. The Morgan fingerprint density at radius 3 is 2.50 bits per heavy atom. The minimum absolute atomic E-state index is 0.341. The Morgan fingerprint density at radius 2 is 1.90 bits per heavy atom. The molecule has 2 rings (SSSR count). The van der Waals surface area contributed by atoms with Crippen molar-refractivity contribution in [1.82, 2.24) is 4.31 Å². The zero-order chi connectivity index (χ0) is 14.6. The summed E-state index contributed by atoms with van der Waals surface area (Å²) in [4.78, 5) is 0. The third kappa shape index (κ3) is 3.33. The van der Waals surface area contributed by atoms with Gasteiger partial charge < -0.3 is 14.2 Å². The largest absolute Gasteiger partial charge is 0.497 e. The molecule has 0 unspecified atom stereocenters. The number of nitrogens with one attached hydrogen (secondary N) is 1. The number of nitrogens with zero attached hydrogens (tertiary/aromatic N) is 1. The van der Waals surface area contributed by atoms with Gasteiger partial charge in [-0.25, -0.2) is 0 Å². The molecule has 1 aromatic rings. The first-order valence-electron chi connectivity index (χ1n) is 6.14. The van der Waals surface area contributed by atoms with Gasteiger partial charge in [-0.3, -0.25) is 4.72 Å². The van der Waals surface area contributed by atoms with Crippen molar-refractivity contribution in [3.63, 3.8) is 0 Å². The molecule has 0 amide bonds. The normalized spacial score (nSPS) is 16.7. The van der Waals surface area contributed by atoms with Gasteiger partial charge in [-0.1, -0.05) is 0 Å². The van der Waals surface area contributed by atoms with E-state index in [1.807, 2.05) is 0 Å². The minimum Gasteiger partial charge on any atom is -0.497 e. The molecule has 1 saturated heterocycles. The van der Waals surface area contributed by atoms with Crippen LogP contribution in [0, 0.1) is 0 Å². The van der Waals surface area contributed by atoms with E-state index in [1.54, 1.807) is 18.2 Å². The van der Waals surface area contributed by atoms with Crippen molar-refractivity contribution in [2.75, 3.05) is 45.2 Å². The molecule has 0 aromatic heterocycles. The van der Waals surface area contributed by atoms with Crippen LogP contribution in [0.4, 0.5) is 5.69 Å². The Hall–Kier alpha value is -1.51. The fraction of sp³-hybridized carbons (Fsp3) is 0.500. The fourth-order valence-corrected chi connectivity index (χ4v) is 3.08. The van der Waals surface area contributed by atoms with E-state index < -0.39 is 10.2 Å². The lowest BCUT2D eigenvalue weighted by Gasteiger charge is -2.26. The van der Waals surface area contributed by atoms with E-state index in [4.69, 9.17) is 14.2 Å². The minimum atomic E-state index is -3.61. The second-order valence-electron chi connectivity index (χ2n) is 4.18. The van der Waals surface area contributed by atoms with Gasteiger partial charge in [0.25, 0.3) is 0 Å². The topological polar surface area (TPSA) is 77.1 Å². The summed E-state index contributed by atoms with van der Waals surface area (Å²) in [5, 5.41) is 0. The standard InChI is InChI=1S/C12H18N2O5S/c1-17-10-3-4-11(12(9-10)18-2)13-20(15,16)14-5-7-19-8-6-14/h3-4,9,13H,5-8H2,1-2H3. The Kier molecular flexibility index (Phi) is 4.69. The highest BCUT2D eigenvalue weighted by Crippen LogP contribution is 2.30. The number of anilines is 1. The van der Waals surface area contributed by atoms with Crippen LogP contribution in [0.3, 0.4) is 0 Å². The lowest BCUT2D eigenvalue weighted by atomic mass is 10.3. The van der Waals surface area contributed by atoms with Crippen LogP contribution in [0.15, 0.2) is 18.2 Å². The fourth-order valence-electron chi connectivity index (χ4n) is 1.87. The van der Waals surface area contributed by atoms with E-state index in [1.165, 1.54) is 18.5 Å². The van der Waals surface area contributed by atoms with E-state index in [0.29, 0.717) is 43.5 Å². The lowest BCUT2D eigenvalue weighted by Crippen LogP contribution is -2.43. The summed E-state index contributed by atoms with van der Waals surface area (Å²) in [5.74, 6) is 0.998. The van der Waals surface area contributed by atoms with Crippen LogP contribution >= 0.6 is 0 Å². The summed E-state index contributed by atoms with van der Waals surface area (Å²) in [6.45, 7) is 1.49. The van der Waals surface area contributed by atoms with E-state index in [0.717, 1.165) is 0 Å². The van der Waals surface area contributed by atoms with Crippen molar-refractivity contribution in [2.45, 2.75) is 0 Å². The number of ether oxygens (including phenoxy) is 3. The van der Waals surface area contributed by atoms with Gasteiger partial charge in [-0.2, -0.15) is 12.7 Å². The number of hydrogen-bond acceptors (Lipinski definition) is 5. The molecule has 0 spiro atoms. The van der Waals surface area contributed by atoms with Gasteiger partial charge in [-0.15, -0.1) is 0 Å². The van der Waals surface area contributed by atoms with Crippen LogP contribution in [0.5, 0.6) is 11.5 Å². The molecule has 1 N–H and O–H groups in total. The molecule has 1 aromatic carbocycles. The van der Waals surface area contributed by atoms with Crippen molar-refractivity contribution in [2.24, 2.45) is 0 Å². The molecular weight excluding hydrogens is 284 g/mol. The highest BCUT2D eigenvalue weighted by atomic mass is 32.2. The number of hydrogen-bond donors (Lipinski definition) is 1. The quantitative estimate of drug-likeness (QED) is 0.866. The molecule has 8 heteroatoms. The van der Waals surface area contributed by atoms with E-state index in [2.05, 4.69) is 4.72 Å². The van der Waals surface area contributed by atoms with Gasteiger partial charge in [0.05, 0.1) is 33.1 Å². The Labute approximate surface area is 118 Å². The monoisotopic (exact) mass is 302 g/mol. The van der Waals surface area contributed by atoms with Crippen LogP contribution in [0.25, 0.3) is 0 Å². The Balaban J connectivity index is 2.19. The van der Waals surface area contributed by atoms with Crippen LogP contribution in [-0.2, 0) is 14.9 Å². The Bertz CT molecular complexity index is 555. The molecule has 1 aliphatic rings. The smallest absolute Gasteiger partial charge is 0.301 e. The zero-order valence-corrected chi connectivity index (χ0v) is 12.3. The molecule has 1 fully saturated rings. The lowest BCUT2D eigenvalue weighted by molar-refractivity contribution is 0.0733. The SMILES string of the molecule is COc1ccc(NS(=O)(=O)N2CCOCC2)c(OC)c1. The summed E-state index contributed by atoms with van der Waals surface area (Å²) < 4.78 is 43.8. The van der Waals surface area contributed by atoms with Crippen molar-refractivity contribution in [3.05, 3.63) is 18.2 Å². The van der Waals surface area contributed by atoms with Crippen molar-refractivity contribution in [1.29, 1.82) is 0 Å². The predicted molar refractivity (Wildman–Crippen MR) is 74.5 cm³/mol. The molecule has 0 saturated carbocycles. The first-order valence-corrected chi connectivity index (χ1v) is 7.58. The van der Waals surface area contributed by atoms with Gasteiger partial charge >= 0.3 is 10.2 Å². The van der Waals surface area contributed by atoms with Gasteiger partial charge in [0.1, 0.15) is 11.5 Å². The van der Waals surface area contributed by atoms with E-state index >= 15 is 0 Å². The zero-order valence-electron chi connectivity index (χ0n) is 11.5. The maximum atomic E-state index is 12.3. The van der Waals surface area contributed by atoms with Crippen LogP contribution < -0.4 is 14.2 Å². The third-order valence-corrected chi connectivity index (χ3v) is 4.48. The molecule has 1 heterocycles. The summed E-state index contributed by atoms with van der Waals surface area (Å²) >= 11 is 0. The summed E-state index contributed by atoms with van der Waals surface area (Å²) in [6.07, 6.45) is 0. The number of morpholine rings is 1. The van der Waals surface area contributed by atoms with Crippen molar-refractivity contribution < 1.29 is 22.6 Å². The van der Waals surface area contributed by atoms with E-state index in [-0.39, 0.29) is 0 Å². The van der Waals surface area contributed by atoms with Crippen LogP contribution in [0.2, 0.25) is 0 Å². The molecule has 20 heavy (non-hydrogen) atoms. The van der Waals surface area contributed by atoms with Crippen LogP contribution in [-0.4, -0.2) is 53.2 Å². The highest BCUT2D eigenvalue weighted by Gasteiger charge is 2.25. The van der Waals surface area contributed by atoms with Crippen LogP contribution in [0.1, 0.15) is 0 Å². The summed E-state index contributed by atoms with van der Waals surface area (Å²) in [5.41, 5.74) is 0.375. The molecule has 1 aliphatic heterocycles. The molecule has 112 valence electrons. The number of benzene rings is 1. The molecule has 0 atom stereocenters. The molecule has 0 bridgehead atoms. The predicted octanol–water partition coefficient (Wildman–Crippen LogP) is 0.693. The second-order valence-corrected chi connectivity index (χ2v) is 5.86. The maximum absolute atomic E-state index is 12.3. The third-order valence-electron chi connectivity index (χ3n) is 2.96. The average molecular weight is 302 g/mol. The first kappa shape index (κ1) is 14.9. The number of methoxy groups -OCH3 is 2.